The van der Waals surface area contributed by atoms with Crippen LogP contribution in [0.25, 0.3) is 0 Å². The summed E-state index contributed by atoms with van der Waals surface area (Å²) in [7, 11) is 0. The van der Waals surface area contributed by atoms with Crippen LogP contribution in [0.5, 0.6) is 0 Å². The Morgan fingerprint density at radius 3 is 3.00 bits per heavy atom. The van der Waals surface area contributed by atoms with Crippen molar-refractivity contribution in [1.29, 1.82) is 0 Å². The number of amidine groups is 1. The molecular weight excluding hydrogens is 264 g/mol. The Balaban J connectivity index is 1.48. The van der Waals surface area contributed by atoms with Crippen LogP contribution in [-0.2, 0) is 6.42 Å². The SMILES string of the molecule is CC(CCc1ccccc1)NC1=NC2CCCC2CS1. The fourth-order valence-electron chi connectivity index (χ4n) is 3.15. The Morgan fingerprint density at radius 1 is 1.30 bits per heavy atom. The molecule has 0 aromatic heterocycles. The molecule has 1 aromatic carbocycles. The molecule has 0 radical (unpaired) electrons. The van der Waals surface area contributed by atoms with Crippen molar-refractivity contribution in [3.05, 3.63) is 35.9 Å². The van der Waals surface area contributed by atoms with Crippen molar-refractivity contribution in [1.82, 2.24) is 5.32 Å². The highest BCUT2D eigenvalue weighted by molar-refractivity contribution is 8.13. The molecule has 1 aliphatic heterocycles. The third-order valence-corrected chi connectivity index (χ3v) is 5.51. The second-order valence-electron chi connectivity index (χ2n) is 6.07. The number of nitrogens with one attached hydrogen (secondary N) is 1. The molecule has 0 amide bonds. The van der Waals surface area contributed by atoms with E-state index in [0.29, 0.717) is 12.1 Å². The van der Waals surface area contributed by atoms with E-state index in [-0.39, 0.29) is 0 Å². The summed E-state index contributed by atoms with van der Waals surface area (Å²) in [6.45, 7) is 2.27. The summed E-state index contributed by atoms with van der Waals surface area (Å²) in [4.78, 5) is 4.91. The van der Waals surface area contributed by atoms with Gasteiger partial charge in [0.25, 0.3) is 0 Å². The van der Waals surface area contributed by atoms with Gasteiger partial charge in [-0.25, -0.2) is 0 Å². The van der Waals surface area contributed by atoms with Gasteiger partial charge in [-0.3, -0.25) is 4.99 Å². The molecule has 3 atom stereocenters. The molecule has 1 aliphatic carbocycles. The van der Waals surface area contributed by atoms with Gasteiger partial charge in [0.05, 0.1) is 6.04 Å². The van der Waals surface area contributed by atoms with Gasteiger partial charge in [-0.1, -0.05) is 48.5 Å². The van der Waals surface area contributed by atoms with Gasteiger partial charge >= 0.3 is 0 Å². The van der Waals surface area contributed by atoms with Crippen LogP contribution in [0.2, 0.25) is 0 Å². The average molecular weight is 288 g/mol. The van der Waals surface area contributed by atoms with E-state index in [1.807, 2.05) is 11.8 Å². The first-order valence-corrected chi connectivity index (χ1v) is 8.81. The number of aryl methyl sites for hydroxylation is 1. The highest BCUT2D eigenvalue weighted by Crippen LogP contribution is 2.35. The van der Waals surface area contributed by atoms with Crippen LogP contribution >= 0.6 is 11.8 Å². The van der Waals surface area contributed by atoms with Crippen molar-refractivity contribution in [2.24, 2.45) is 10.9 Å². The van der Waals surface area contributed by atoms with Crippen molar-refractivity contribution in [3.8, 4) is 0 Å². The quantitative estimate of drug-likeness (QED) is 0.909. The Bertz CT molecular complexity index is 457. The third-order valence-electron chi connectivity index (χ3n) is 4.41. The van der Waals surface area contributed by atoms with Crippen molar-refractivity contribution in [2.45, 2.75) is 51.1 Å². The molecule has 20 heavy (non-hydrogen) atoms. The monoisotopic (exact) mass is 288 g/mol. The Labute approximate surface area is 126 Å². The zero-order chi connectivity index (χ0) is 13.8. The summed E-state index contributed by atoms with van der Waals surface area (Å²) in [5.74, 6) is 2.12. The van der Waals surface area contributed by atoms with E-state index in [4.69, 9.17) is 4.99 Å². The summed E-state index contributed by atoms with van der Waals surface area (Å²) < 4.78 is 0. The summed E-state index contributed by atoms with van der Waals surface area (Å²) >= 11 is 1.93. The van der Waals surface area contributed by atoms with E-state index >= 15 is 0 Å². The molecule has 3 rings (SSSR count). The number of rotatable bonds is 4. The maximum absolute atomic E-state index is 4.91. The number of hydrogen-bond donors (Lipinski definition) is 1. The topological polar surface area (TPSA) is 24.4 Å². The highest BCUT2D eigenvalue weighted by atomic mass is 32.2. The molecule has 2 aliphatic rings. The lowest BCUT2D eigenvalue weighted by molar-refractivity contribution is 0.527. The maximum atomic E-state index is 4.91. The van der Waals surface area contributed by atoms with Crippen molar-refractivity contribution in [2.75, 3.05) is 5.75 Å². The van der Waals surface area contributed by atoms with Gasteiger partial charge in [0.2, 0.25) is 0 Å². The lowest BCUT2D eigenvalue weighted by Gasteiger charge is -2.25. The van der Waals surface area contributed by atoms with E-state index in [9.17, 15) is 0 Å². The first-order chi connectivity index (χ1) is 9.81. The molecule has 3 unspecified atom stereocenters. The van der Waals surface area contributed by atoms with Gasteiger partial charge in [-0.2, -0.15) is 0 Å². The minimum Gasteiger partial charge on any atom is -0.362 e. The van der Waals surface area contributed by atoms with Crippen LogP contribution in [0.4, 0.5) is 0 Å². The first-order valence-electron chi connectivity index (χ1n) is 7.82. The fraction of sp³-hybridized carbons (Fsp3) is 0.588. The number of nitrogens with zero attached hydrogens (tertiary/aromatic N) is 1. The van der Waals surface area contributed by atoms with Crippen LogP contribution in [0.15, 0.2) is 35.3 Å². The van der Waals surface area contributed by atoms with Crippen molar-refractivity contribution >= 4 is 16.9 Å². The van der Waals surface area contributed by atoms with Gasteiger partial charge in [0.15, 0.2) is 5.17 Å². The van der Waals surface area contributed by atoms with Gasteiger partial charge in [-0.05, 0) is 44.1 Å². The Kier molecular flexibility index (Phi) is 4.66. The fourth-order valence-corrected chi connectivity index (χ4v) is 4.40. The largest absolute Gasteiger partial charge is 0.362 e. The number of benzene rings is 1. The Morgan fingerprint density at radius 2 is 2.15 bits per heavy atom. The molecule has 1 aromatic rings. The van der Waals surface area contributed by atoms with E-state index < -0.39 is 0 Å². The van der Waals surface area contributed by atoms with Crippen LogP contribution in [0, 0.1) is 5.92 Å². The first kappa shape index (κ1) is 14.0. The summed E-state index contributed by atoms with van der Waals surface area (Å²) in [6.07, 6.45) is 6.36. The van der Waals surface area contributed by atoms with Gasteiger partial charge in [0.1, 0.15) is 0 Å². The Hall–Kier alpha value is -0.960. The van der Waals surface area contributed by atoms with Crippen LogP contribution in [-0.4, -0.2) is 23.0 Å². The van der Waals surface area contributed by atoms with E-state index in [0.717, 1.165) is 18.8 Å². The van der Waals surface area contributed by atoms with Crippen LogP contribution in [0.1, 0.15) is 38.2 Å². The van der Waals surface area contributed by atoms with Crippen LogP contribution in [0.3, 0.4) is 0 Å². The number of thioether (sulfide) groups is 1. The van der Waals surface area contributed by atoms with Gasteiger partial charge in [0, 0.05) is 11.8 Å². The zero-order valence-corrected chi connectivity index (χ0v) is 13.0. The van der Waals surface area contributed by atoms with Gasteiger partial charge in [-0.15, -0.1) is 0 Å². The highest BCUT2D eigenvalue weighted by Gasteiger charge is 2.31. The number of fused-ring (bicyclic) bond motifs is 1. The molecule has 1 N–H and O–H groups in total. The molecule has 0 spiro atoms. The average Bonchev–Trinajstić information content (AvgIpc) is 2.94. The summed E-state index contributed by atoms with van der Waals surface area (Å²) in [6, 6.07) is 11.9. The molecular formula is C17H24N2S. The number of hydrogen-bond acceptors (Lipinski definition) is 3. The molecule has 1 fully saturated rings. The zero-order valence-electron chi connectivity index (χ0n) is 12.2. The molecule has 0 saturated heterocycles. The standard InChI is InChI=1S/C17H24N2S/c1-13(10-11-14-6-3-2-4-7-14)18-17-19-16-9-5-8-15(16)12-20-17/h2-4,6-7,13,15-16H,5,8-12H2,1H3,(H,18,19). The van der Waals surface area contributed by atoms with Crippen molar-refractivity contribution < 1.29 is 0 Å². The second-order valence-corrected chi connectivity index (χ2v) is 7.08. The predicted octanol–water partition coefficient (Wildman–Crippen LogP) is 3.87. The molecule has 1 saturated carbocycles. The predicted molar refractivity (Wildman–Crippen MR) is 88.4 cm³/mol. The normalized spacial score (nSPS) is 26.8. The van der Waals surface area contributed by atoms with Crippen molar-refractivity contribution in [3.63, 3.8) is 0 Å². The summed E-state index contributed by atoms with van der Waals surface area (Å²) in [5.41, 5.74) is 1.43. The smallest absolute Gasteiger partial charge is 0.157 e. The molecule has 3 heteroatoms. The lowest BCUT2D eigenvalue weighted by atomic mass is 10.1. The minimum atomic E-state index is 0.499. The second kappa shape index (κ2) is 6.66. The van der Waals surface area contributed by atoms with Crippen LogP contribution < -0.4 is 5.32 Å². The van der Waals surface area contributed by atoms with E-state index in [2.05, 4.69) is 42.6 Å². The molecule has 108 valence electrons. The van der Waals surface area contributed by atoms with Gasteiger partial charge < -0.3 is 5.32 Å². The third kappa shape index (κ3) is 3.57. The lowest BCUT2D eigenvalue weighted by Crippen LogP contribution is -2.35. The summed E-state index contributed by atoms with van der Waals surface area (Å²) in [5, 5.41) is 4.80. The molecule has 1 heterocycles. The minimum absolute atomic E-state index is 0.499. The van der Waals surface area contributed by atoms with E-state index in [1.54, 1.807) is 0 Å². The maximum Gasteiger partial charge on any atom is 0.157 e. The molecule has 2 nitrogen and oxygen atoms in total. The number of aliphatic imine (C=N–C) groups is 1. The van der Waals surface area contributed by atoms with E-state index in [1.165, 1.54) is 35.7 Å². The molecule has 0 bridgehead atoms.